The summed E-state index contributed by atoms with van der Waals surface area (Å²) in [5.74, 6) is 1.20. The Morgan fingerprint density at radius 1 is 1.08 bits per heavy atom. The van der Waals surface area contributed by atoms with Gasteiger partial charge in [-0.1, -0.05) is 18.2 Å². The summed E-state index contributed by atoms with van der Waals surface area (Å²) in [6.45, 7) is 5.70. The van der Waals surface area contributed by atoms with Gasteiger partial charge in [-0.2, -0.15) is 0 Å². The Balaban J connectivity index is 0.00000312. The van der Waals surface area contributed by atoms with E-state index < -0.39 is 0 Å². The zero-order chi connectivity index (χ0) is 17.4. The van der Waals surface area contributed by atoms with E-state index in [1.54, 1.807) is 7.11 Å². The minimum atomic E-state index is 0. The molecule has 2 aromatic carbocycles. The maximum absolute atomic E-state index is 5.98. The van der Waals surface area contributed by atoms with Crippen LogP contribution in [-0.2, 0) is 11.3 Å². The monoisotopic (exact) mass is 455 g/mol. The van der Waals surface area contributed by atoms with Crippen LogP contribution in [0.1, 0.15) is 16.7 Å². The fourth-order valence-electron chi connectivity index (χ4n) is 2.39. The van der Waals surface area contributed by atoms with Crippen LogP contribution >= 0.6 is 24.0 Å². The number of halogens is 1. The van der Waals surface area contributed by atoms with Crippen molar-refractivity contribution in [3.8, 4) is 5.75 Å². The van der Waals surface area contributed by atoms with Crippen molar-refractivity contribution in [1.29, 1.82) is 0 Å². The normalized spacial score (nSPS) is 10.9. The molecular weight excluding hydrogens is 429 g/mol. The number of methoxy groups -OCH3 is 1. The largest absolute Gasteiger partial charge is 0.491 e. The Hall–Kier alpha value is -1.80. The lowest BCUT2D eigenvalue weighted by Gasteiger charge is -2.09. The Bertz CT molecular complexity index is 685. The number of anilines is 1. The van der Waals surface area contributed by atoms with Gasteiger partial charge in [0, 0.05) is 12.8 Å². The first kappa shape index (κ1) is 21.2. The average Bonchev–Trinajstić information content (AvgIpc) is 2.53. The maximum atomic E-state index is 5.98. The van der Waals surface area contributed by atoms with Gasteiger partial charge in [0.05, 0.1) is 13.2 Å². The van der Waals surface area contributed by atoms with E-state index in [2.05, 4.69) is 30.2 Å². The molecule has 25 heavy (non-hydrogen) atoms. The lowest BCUT2D eigenvalue weighted by Crippen LogP contribution is -2.22. The summed E-state index contributed by atoms with van der Waals surface area (Å²) in [5.41, 5.74) is 10.3. The highest BCUT2D eigenvalue weighted by Gasteiger charge is 2.00. The van der Waals surface area contributed by atoms with Crippen molar-refractivity contribution in [2.45, 2.75) is 20.4 Å². The highest BCUT2D eigenvalue weighted by atomic mass is 127. The van der Waals surface area contributed by atoms with E-state index in [4.69, 9.17) is 15.2 Å². The molecule has 0 heterocycles. The molecule has 0 amide bonds. The fraction of sp³-hybridized carbons (Fsp3) is 0.316. The van der Waals surface area contributed by atoms with Crippen LogP contribution in [0.2, 0.25) is 0 Å². The van der Waals surface area contributed by atoms with Crippen LogP contribution in [0.25, 0.3) is 0 Å². The van der Waals surface area contributed by atoms with Gasteiger partial charge in [-0.3, -0.25) is 0 Å². The molecule has 0 unspecified atom stereocenters. The fourth-order valence-corrected chi connectivity index (χ4v) is 2.39. The van der Waals surface area contributed by atoms with Crippen molar-refractivity contribution in [1.82, 2.24) is 0 Å². The molecule has 0 aliphatic heterocycles. The third kappa shape index (κ3) is 7.74. The van der Waals surface area contributed by atoms with Gasteiger partial charge in [0.2, 0.25) is 0 Å². The number of aryl methyl sites for hydroxylation is 2. The van der Waals surface area contributed by atoms with Crippen molar-refractivity contribution in [2.24, 2.45) is 10.7 Å². The predicted molar refractivity (Wildman–Crippen MR) is 114 cm³/mol. The van der Waals surface area contributed by atoms with Gasteiger partial charge in [0.1, 0.15) is 12.4 Å². The van der Waals surface area contributed by atoms with Gasteiger partial charge in [-0.15, -0.1) is 24.0 Å². The van der Waals surface area contributed by atoms with Crippen LogP contribution in [-0.4, -0.2) is 26.3 Å². The second kappa shape index (κ2) is 10.9. The lowest BCUT2D eigenvalue weighted by molar-refractivity contribution is 0.146. The van der Waals surface area contributed by atoms with E-state index in [1.807, 2.05) is 36.4 Å². The van der Waals surface area contributed by atoms with E-state index in [1.165, 1.54) is 11.1 Å². The first-order chi connectivity index (χ1) is 11.6. The minimum absolute atomic E-state index is 0. The summed E-state index contributed by atoms with van der Waals surface area (Å²) in [6, 6.07) is 14.0. The molecule has 0 bridgehead atoms. The molecule has 0 radical (unpaired) electrons. The summed E-state index contributed by atoms with van der Waals surface area (Å²) < 4.78 is 10.6. The van der Waals surface area contributed by atoms with E-state index in [0.717, 1.165) is 17.0 Å². The minimum Gasteiger partial charge on any atom is -0.491 e. The summed E-state index contributed by atoms with van der Waals surface area (Å²) in [7, 11) is 1.65. The van der Waals surface area contributed by atoms with E-state index >= 15 is 0 Å². The Morgan fingerprint density at radius 3 is 2.48 bits per heavy atom. The lowest BCUT2D eigenvalue weighted by atomic mass is 10.1. The summed E-state index contributed by atoms with van der Waals surface area (Å²) >= 11 is 0. The average molecular weight is 455 g/mol. The number of ether oxygens (including phenoxy) is 2. The maximum Gasteiger partial charge on any atom is 0.193 e. The molecule has 0 saturated heterocycles. The molecule has 3 N–H and O–H groups in total. The van der Waals surface area contributed by atoms with Crippen LogP contribution in [0.4, 0.5) is 5.69 Å². The quantitative estimate of drug-likeness (QED) is 0.288. The molecule has 5 nitrogen and oxygen atoms in total. The van der Waals surface area contributed by atoms with Crippen LogP contribution < -0.4 is 15.8 Å². The van der Waals surface area contributed by atoms with Gasteiger partial charge in [-0.25, -0.2) is 4.99 Å². The zero-order valence-corrected chi connectivity index (χ0v) is 17.2. The highest BCUT2D eigenvalue weighted by Crippen LogP contribution is 2.15. The second-order valence-corrected chi connectivity index (χ2v) is 5.69. The first-order valence-electron chi connectivity index (χ1n) is 7.93. The summed E-state index contributed by atoms with van der Waals surface area (Å²) in [5, 5.41) is 3.13. The number of hydrogen-bond acceptors (Lipinski definition) is 3. The first-order valence-corrected chi connectivity index (χ1v) is 7.93. The van der Waals surface area contributed by atoms with E-state index in [0.29, 0.717) is 25.7 Å². The summed E-state index contributed by atoms with van der Waals surface area (Å²) in [6.07, 6.45) is 0. The van der Waals surface area contributed by atoms with Crippen molar-refractivity contribution >= 4 is 35.6 Å². The molecule has 6 heteroatoms. The summed E-state index contributed by atoms with van der Waals surface area (Å²) in [4.78, 5) is 4.39. The number of benzene rings is 2. The van der Waals surface area contributed by atoms with Crippen molar-refractivity contribution in [3.05, 3.63) is 59.2 Å². The number of hydrogen-bond donors (Lipinski definition) is 2. The molecule has 0 aliphatic carbocycles. The van der Waals surface area contributed by atoms with Crippen LogP contribution in [0.15, 0.2) is 47.5 Å². The highest BCUT2D eigenvalue weighted by molar-refractivity contribution is 14.0. The smallest absolute Gasteiger partial charge is 0.193 e. The molecule has 0 aliphatic rings. The third-order valence-corrected chi connectivity index (χ3v) is 3.38. The molecule has 2 rings (SSSR count). The number of rotatable bonds is 7. The van der Waals surface area contributed by atoms with Crippen LogP contribution in [0.5, 0.6) is 5.75 Å². The zero-order valence-electron chi connectivity index (χ0n) is 14.9. The third-order valence-electron chi connectivity index (χ3n) is 3.38. The van der Waals surface area contributed by atoms with Gasteiger partial charge in [-0.05, 0) is 54.8 Å². The predicted octanol–water partition coefficient (Wildman–Crippen LogP) is 3.87. The van der Waals surface area contributed by atoms with Gasteiger partial charge in [0.15, 0.2) is 5.96 Å². The Labute approximate surface area is 166 Å². The number of guanidine groups is 1. The molecule has 136 valence electrons. The van der Waals surface area contributed by atoms with Gasteiger partial charge in [0.25, 0.3) is 0 Å². The van der Waals surface area contributed by atoms with Crippen molar-refractivity contribution in [2.75, 3.05) is 25.6 Å². The van der Waals surface area contributed by atoms with Crippen molar-refractivity contribution < 1.29 is 9.47 Å². The van der Waals surface area contributed by atoms with Crippen LogP contribution in [0, 0.1) is 13.8 Å². The van der Waals surface area contributed by atoms with Gasteiger partial charge >= 0.3 is 0 Å². The van der Waals surface area contributed by atoms with Crippen LogP contribution in [0.3, 0.4) is 0 Å². The Morgan fingerprint density at radius 2 is 1.80 bits per heavy atom. The number of nitrogens with zero attached hydrogens (tertiary/aromatic N) is 1. The van der Waals surface area contributed by atoms with E-state index in [9.17, 15) is 0 Å². The molecule has 0 atom stereocenters. The Kier molecular flexibility index (Phi) is 9.30. The number of nitrogens with one attached hydrogen (secondary N) is 1. The van der Waals surface area contributed by atoms with Gasteiger partial charge < -0.3 is 20.5 Å². The van der Waals surface area contributed by atoms with Crippen molar-refractivity contribution in [3.63, 3.8) is 0 Å². The number of nitrogens with two attached hydrogens (primary N) is 1. The van der Waals surface area contributed by atoms with E-state index in [-0.39, 0.29) is 24.0 Å². The molecular formula is C19H26IN3O2. The topological polar surface area (TPSA) is 68.9 Å². The molecule has 0 saturated carbocycles. The number of aliphatic imine (C=N–C) groups is 1. The second-order valence-electron chi connectivity index (χ2n) is 5.69. The molecule has 0 fully saturated rings. The molecule has 2 aromatic rings. The molecule has 0 spiro atoms. The standard InChI is InChI=1S/C19H25N3O2.HI/c1-14-9-15(2)11-17(10-14)22-19(20)21-13-16-5-4-6-18(12-16)24-8-7-23-3;/h4-6,9-12H,7-8,13H2,1-3H3,(H3,20,21,22);1H. The molecule has 0 aromatic heterocycles. The SMILES string of the molecule is COCCOc1cccc(CN=C(N)Nc2cc(C)cc(C)c2)c1.I.